The zero-order valence-corrected chi connectivity index (χ0v) is 13.6. The standard InChI is InChI=1S/C12H13ClF4N2O.2ClH/c13-9-6-7(14)5-8(10(9)20)11(12(15,16)17)19-3-1-18-2-4-19;;/h5-6,11,18,20H,1-4H2;2*1H/t11-;;/m1../s1. The van der Waals surface area contributed by atoms with Crippen LogP contribution in [0.4, 0.5) is 17.6 Å². The summed E-state index contributed by atoms with van der Waals surface area (Å²) in [5, 5.41) is 12.3. The molecule has 10 heteroatoms. The van der Waals surface area contributed by atoms with E-state index < -0.39 is 34.4 Å². The minimum atomic E-state index is -4.63. The van der Waals surface area contributed by atoms with E-state index in [1.807, 2.05) is 0 Å². The molecule has 1 aromatic rings. The topological polar surface area (TPSA) is 35.5 Å². The van der Waals surface area contributed by atoms with Crippen molar-refractivity contribution in [2.75, 3.05) is 26.2 Å². The van der Waals surface area contributed by atoms with Gasteiger partial charge >= 0.3 is 6.18 Å². The zero-order chi connectivity index (χ0) is 14.9. The number of piperazine rings is 1. The lowest BCUT2D eigenvalue weighted by molar-refractivity contribution is -0.188. The minimum absolute atomic E-state index is 0. The van der Waals surface area contributed by atoms with E-state index >= 15 is 0 Å². The Morgan fingerprint density at radius 2 is 1.73 bits per heavy atom. The zero-order valence-electron chi connectivity index (χ0n) is 11.2. The molecule has 22 heavy (non-hydrogen) atoms. The number of nitrogens with one attached hydrogen (secondary N) is 1. The molecule has 2 N–H and O–H groups in total. The fourth-order valence-electron chi connectivity index (χ4n) is 2.31. The Hall–Kier alpha value is -0.470. The first kappa shape index (κ1) is 21.5. The van der Waals surface area contributed by atoms with Crippen LogP contribution in [0.25, 0.3) is 0 Å². The van der Waals surface area contributed by atoms with Crippen molar-refractivity contribution >= 4 is 36.4 Å². The molecule has 0 radical (unpaired) electrons. The monoisotopic (exact) mass is 384 g/mol. The molecule has 1 aliphatic heterocycles. The predicted octanol–water partition coefficient (Wildman–Crippen LogP) is 3.54. The lowest BCUT2D eigenvalue weighted by atomic mass is 10.0. The van der Waals surface area contributed by atoms with Crippen LogP contribution in [-0.2, 0) is 0 Å². The summed E-state index contributed by atoms with van der Waals surface area (Å²) in [5.74, 6) is -1.64. The van der Waals surface area contributed by atoms with Crippen molar-refractivity contribution in [1.29, 1.82) is 0 Å². The Bertz CT molecular complexity index is 496. The second kappa shape index (κ2) is 8.40. The maximum atomic E-state index is 13.3. The van der Waals surface area contributed by atoms with Gasteiger partial charge in [-0.05, 0) is 12.1 Å². The van der Waals surface area contributed by atoms with E-state index in [-0.39, 0.29) is 37.9 Å². The van der Waals surface area contributed by atoms with Crippen LogP contribution in [0.3, 0.4) is 0 Å². The van der Waals surface area contributed by atoms with Crippen molar-refractivity contribution < 1.29 is 22.7 Å². The molecule has 0 aliphatic carbocycles. The number of aromatic hydroxyl groups is 1. The van der Waals surface area contributed by atoms with Gasteiger partial charge in [0.2, 0.25) is 0 Å². The number of rotatable bonds is 2. The van der Waals surface area contributed by atoms with E-state index in [9.17, 15) is 22.7 Å². The van der Waals surface area contributed by atoms with Crippen LogP contribution in [0.5, 0.6) is 5.75 Å². The van der Waals surface area contributed by atoms with E-state index in [1.54, 1.807) is 0 Å². The predicted molar refractivity (Wildman–Crippen MR) is 80.8 cm³/mol. The van der Waals surface area contributed by atoms with Crippen LogP contribution in [0, 0.1) is 5.82 Å². The first-order valence-corrected chi connectivity index (χ1v) is 6.38. The van der Waals surface area contributed by atoms with Crippen molar-refractivity contribution in [3.05, 3.63) is 28.5 Å². The highest BCUT2D eigenvalue weighted by Gasteiger charge is 2.46. The third-order valence-electron chi connectivity index (χ3n) is 3.18. The molecule has 0 unspecified atom stereocenters. The Labute approximate surface area is 142 Å². The Balaban J connectivity index is 0.00000220. The molecule has 1 aliphatic rings. The number of nitrogens with zero attached hydrogens (tertiary/aromatic N) is 1. The number of hydrogen-bond acceptors (Lipinski definition) is 3. The van der Waals surface area contributed by atoms with Crippen LogP contribution in [0.2, 0.25) is 5.02 Å². The molecule has 128 valence electrons. The van der Waals surface area contributed by atoms with Gasteiger partial charge in [-0.2, -0.15) is 13.2 Å². The van der Waals surface area contributed by atoms with Crippen LogP contribution < -0.4 is 5.32 Å². The summed E-state index contributed by atoms with van der Waals surface area (Å²) in [6.07, 6.45) is -4.63. The summed E-state index contributed by atoms with van der Waals surface area (Å²) < 4.78 is 53.2. The second-order valence-corrected chi connectivity index (χ2v) is 4.96. The van der Waals surface area contributed by atoms with Gasteiger partial charge in [0.15, 0.2) is 0 Å². The molecule has 1 saturated heterocycles. The van der Waals surface area contributed by atoms with Crippen molar-refractivity contribution in [1.82, 2.24) is 10.2 Å². The quantitative estimate of drug-likeness (QED) is 0.765. The molecule has 1 fully saturated rings. The lowest BCUT2D eigenvalue weighted by Gasteiger charge is -2.36. The molecular formula is C12H15Cl3F4N2O. The summed E-state index contributed by atoms with van der Waals surface area (Å²) in [7, 11) is 0. The first-order valence-electron chi connectivity index (χ1n) is 6.00. The van der Waals surface area contributed by atoms with Crippen LogP contribution in [0.15, 0.2) is 12.1 Å². The SMILES string of the molecule is Cl.Cl.Oc1c(Cl)cc(F)cc1[C@@H](N1CCNCC1)C(F)(F)F. The van der Waals surface area contributed by atoms with Gasteiger partial charge in [-0.3, -0.25) is 4.90 Å². The van der Waals surface area contributed by atoms with E-state index in [4.69, 9.17) is 11.6 Å². The number of benzene rings is 1. The molecule has 1 atom stereocenters. The number of alkyl halides is 3. The molecule has 0 bridgehead atoms. The molecule has 1 heterocycles. The van der Waals surface area contributed by atoms with Crippen molar-refractivity contribution in [2.45, 2.75) is 12.2 Å². The molecular weight excluding hydrogens is 370 g/mol. The van der Waals surface area contributed by atoms with Crippen molar-refractivity contribution in [3.8, 4) is 5.75 Å². The number of halogens is 7. The van der Waals surface area contributed by atoms with Gasteiger partial charge in [-0.15, -0.1) is 24.8 Å². The van der Waals surface area contributed by atoms with Gasteiger partial charge in [0.1, 0.15) is 17.6 Å². The number of hydrogen-bond donors (Lipinski definition) is 2. The molecule has 0 amide bonds. The van der Waals surface area contributed by atoms with E-state index in [2.05, 4.69) is 5.32 Å². The summed E-state index contributed by atoms with van der Waals surface area (Å²) in [5.41, 5.74) is -0.551. The summed E-state index contributed by atoms with van der Waals surface area (Å²) in [4.78, 5) is 1.15. The third-order valence-corrected chi connectivity index (χ3v) is 3.47. The van der Waals surface area contributed by atoms with Crippen LogP contribution in [-0.4, -0.2) is 42.4 Å². The molecule has 1 aromatic carbocycles. The van der Waals surface area contributed by atoms with E-state index in [1.165, 1.54) is 0 Å². The van der Waals surface area contributed by atoms with Gasteiger partial charge in [-0.25, -0.2) is 4.39 Å². The Morgan fingerprint density at radius 3 is 2.23 bits per heavy atom. The normalized spacial score (nSPS) is 17.3. The average molecular weight is 386 g/mol. The van der Waals surface area contributed by atoms with Gasteiger partial charge < -0.3 is 10.4 Å². The average Bonchev–Trinajstić information content (AvgIpc) is 2.35. The summed E-state index contributed by atoms with van der Waals surface area (Å²) in [6, 6.07) is -0.606. The van der Waals surface area contributed by atoms with Gasteiger partial charge in [-0.1, -0.05) is 11.6 Å². The Kier molecular flexibility index (Phi) is 8.22. The fourth-order valence-corrected chi connectivity index (χ4v) is 2.53. The lowest BCUT2D eigenvalue weighted by Crippen LogP contribution is -2.49. The highest BCUT2D eigenvalue weighted by Crippen LogP contribution is 2.43. The van der Waals surface area contributed by atoms with Gasteiger partial charge in [0.25, 0.3) is 0 Å². The van der Waals surface area contributed by atoms with Crippen LogP contribution in [0.1, 0.15) is 11.6 Å². The van der Waals surface area contributed by atoms with Crippen LogP contribution >= 0.6 is 36.4 Å². The second-order valence-electron chi connectivity index (χ2n) is 4.56. The maximum absolute atomic E-state index is 13.3. The largest absolute Gasteiger partial charge is 0.506 e. The fraction of sp³-hybridized carbons (Fsp3) is 0.500. The minimum Gasteiger partial charge on any atom is -0.506 e. The highest BCUT2D eigenvalue weighted by atomic mass is 35.5. The smallest absolute Gasteiger partial charge is 0.408 e. The molecule has 0 spiro atoms. The summed E-state index contributed by atoms with van der Waals surface area (Å²) in [6.45, 7) is 1.10. The van der Waals surface area contributed by atoms with Gasteiger partial charge in [0, 0.05) is 31.7 Å². The Morgan fingerprint density at radius 1 is 1.18 bits per heavy atom. The number of phenolic OH excluding ortho intramolecular Hbond substituents is 1. The highest BCUT2D eigenvalue weighted by molar-refractivity contribution is 6.32. The number of phenols is 1. The maximum Gasteiger partial charge on any atom is 0.408 e. The molecule has 2 rings (SSSR count). The molecule has 0 saturated carbocycles. The summed E-state index contributed by atoms with van der Waals surface area (Å²) >= 11 is 5.56. The molecule has 0 aromatic heterocycles. The molecule has 3 nitrogen and oxygen atoms in total. The van der Waals surface area contributed by atoms with E-state index in [0.29, 0.717) is 19.2 Å². The third kappa shape index (κ3) is 4.76. The first-order chi connectivity index (χ1) is 9.30. The van der Waals surface area contributed by atoms with E-state index in [0.717, 1.165) is 11.0 Å². The van der Waals surface area contributed by atoms with Gasteiger partial charge in [0.05, 0.1) is 5.02 Å². The van der Waals surface area contributed by atoms with Crippen molar-refractivity contribution in [2.24, 2.45) is 0 Å². The van der Waals surface area contributed by atoms with Crippen molar-refractivity contribution in [3.63, 3.8) is 0 Å².